The van der Waals surface area contributed by atoms with E-state index in [9.17, 15) is 5.11 Å². The van der Waals surface area contributed by atoms with Crippen molar-refractivity contribution in [3.63, 3.8) is 0 Å². The summed E-state index contributed by atoms with van der Waals surface area (Å²) < 4.78 is 6.30. The Morgan fingerprint density at radius 2 is 1.10 bits per heavy atom. The summed E-state index contributed by atoms with van der Waals surface area (Å²) in [6.45, 7) is 8.90. The van der Waals surface area contributed by atoms with Gasteiger partial charge in [-0.25, -0.2) is 0 Å². The maximum atomic E-state index is 10.9. The van der Waals surface area contributed by atoms with Crippen LogP contribution in [0.15, 0.2) is 0 Å². The number of ether oxygens (including phenoxy) is 1. The average molecular weight is 492 g/mol. The fraction of sp³-hybridized carbons (Fsp3) is 1.00. The Labute approximate surface area is 198 Å². The molecule has 0 aromatic heterocycles. The molecule has 0 rings (SSSR count). The second-order valence-electron chi connectivity index (χ2n) is 10.1. The number of aliphatic hydroxyl groups is 1. The number of hydrogen-bond donors (Lipinski definition) is 1. The van der Waals surface area contributed by atoms with Crippen LogP contribution in [0.5, 0.6) is 0 Å². The third-order valence-electron chi connectivity index (χ3n) is 6.45. The van der Waals surface area contributed by atoms with Crippen LogP contribution in [0.3, 0.4) is 0 Å². The molecule has 0 aliphatic rings. The van der Waals surface area contributed by atoms with E-state index >= 15 is 0 Å². The first-order chi connectivity index (χ1) is 14.5. The Bertz CT molecular complexity index is 330. The standard InChI is InChI=1S/C27H55BrO2/c1-5-7-9-11-13-17-21-25(22-18-14-12-10-8-6-2)30-26(29)27(3,4)23-19-15-16-20-24-28/h25-26,29H,5-24H2,1-4H3. The van der Waals surface area contributed by atoms with Crippen molar-refractivity contribution in [1.29, 1.82) is 0 Å². The quantitative estimate of drug-likeness (QED) is 0.0876. The molecule has 0 aromatic rings. The summed E-state index contributed by atoms with van der Waals surface area (Å²) in [6.07, 6.45) is 23.7. The fourth-order valence-corrected chi connectivity index (χ4v) is 4.50. The lowest BCUT2D eigenvalue weighted by Crippen LogP contribution is -2.35. The van der Waals surface area contributed by atoms with Gasteiger partial charge in [-0.1, -0.05) is 140 Å². The lowest BCUT2D eigenvalue weighted by molar-refractivity contribution is -0.197. The van der Waals surface area contributed by atoms with Crippen LogP contribution < -0.4 is 0 Å². The summed E-state index contributed by atoms with van der Waals surface area (Å²) in [7, 11) is 0. The SMILES string of the molecule is CCCCCCCCC(CCCCCCCC)OC(O)C(C)(C)CCCCCCBr. The third kappa shape index (κ3) is 18.0. The summed E-state index contributed by atoms with van der Waals surface area (Å²) >= 11 is 3.51. The Kier molecular flexibility index (Phi) is 21.5. The maximum Gasteiger partial charge on any atom is 0.159 e. The Morgan fingerprint density at radius 3 is 1.60 bits per heavy atom. The van der Waals surface area contributed by atoms with Gasteiger partial charge < -0.3 is 9.84 Å². The Balaban J connectivity index is 4.36. The molecule has 1 N–H and O–H groups in total. The van der Waals surface area contributed by atoms with Gasteiger partial charge >= 0.3 is 0 Å². The number of alkyl halides is 1. The van der Waals surface area contributed by atoms with Gasteiger partial charge in [0.25, 0.3) is 0 Å². The molecule has 0 heterocycles. The smallest absolute Gasteiger partial charge is 0.159 e. The van der Waals surface area contributed by atoms with Crippen molar-refractivity contribution in [3.8, 4) is 0 Å². The van der Waals surface area contributed by atoms with Gasteiger partial charge in [0.05, 0.1) is 6.10 Å². The zero-order chi connectivity index (χ0) is 22.5. The van der Waals surface area contributed by atoms with E-state index in [2.05, 4.69) is 43.6 Å². The van der Waals surface area contributed by atoms with E-state index in [4.69, 9.17) is 4.74 Å². The normalized spacial score (nSPS) is 13.3. The molecule has 0 aliphatic carbocycles. The van der Waals surface area contributed by atoms with E-state index in [0.29, 0.717) is 0 Å². The van der Waals surface area contributed by atoms with Crippen LogP contribution in [-0.2, 0) is 4.74 Å². The molecule has 0 fully saturated rings. The third-order valence-corrected chi connectivity index (χ3v) is 7.01. The fourth-order valence-electron chi connectivity index (χ4n) is 4.10. The van der Waals surface area contributed by atoms with Crippen molar-refractivity contribution in [1.82, 2.24) is 0 Å². The van der Waals surface area contributed by atoms with Crippen molar-refractivity contribution in [2.24, 2.45) is 5.41 Å². The number of aliphatic hydroxyl groups excluding tert-OH is 1. The van der Waals surface area contributed by atoms with Gasteiger partial charge in [0.1, 0.15) is 0 Å². The maximum absolute atomic E-state index is 10.9. The molecule has 0 amide bonds. The van der Waals surface area contributed by atoms with Crippen LogP contribution in [0.1, 0.15) is 150 Å². The molecule has 1 unspecified atom stereocenters. The van der Waals surface area contributed by atoms with Crippen LogP contribution in [0.4, 0.5) is 0 Å². The van der Waals surface area contributed by atoms with Gasteiger partial charge in [-0.05, 0) is 25.7 Å². The zero-order valence-electron chi connectivity index (χ0n) is 21.0. The highest BCUT2D eigenvalue weighted by molar-refractivity contribution is 9.09. The Hall–Kier alpha value is 0.400. The molecule has 1 atom stereocenters. The molecule has 0 saturated carbocycles. The van der Waals surface area contributed by atoms with Crippen molar-refractivity contribution in [2.75, 3.05) is 5.33 Å². The van der Waals surface area contributed by atoms with Gasteiger partial charge in [-0.2, -0.15) is 0 Å². The van der Waals surface area contributed by atoms with Crippen molar-refractivity contribution in [3.05, 3.63) is 0 Å². The van der Waals surface area contributed by atoms with E-state index in [1.165, 1.54) is 103 Å². The average Bonchev–Trinajstić information content (AvgIpc) is 2.72. The second kappa shape index (κ2) is 21.3. The lowest BCUT2D eigenvalue weighted by Gasteiger charge is -2.33. The summed E-state index contributed by atoms with van der Waals surface area (Å²) in [5.74, 6) is 0. The van der Waals surface area contributed by atoms with Crippen LogP contribution in [0, 0.1) is 5.41 Å². The minimum Gasteiger partial charge on any atom is -0.367 e. The first-order valence-corrected chi connectivity index (χ1v) is 14.5. The van der Waals surface area contributed by atoms with Gasteiger partial charge in [0.2, 0.25) is 0 Å². The largest absolute Gasteiger partial charge is 0.367 e. The minimum atomic E-state index is -0.640. The molecule has 0 spiro atoms. The van der Waals surface area contributed by atoms with Gasteiger partial charge in [0, 0.05) is 10.7 Å². The monoisotopic (exact) mass is 490 g/mol. The van der Waals surface area contributed by atoms with Gasteiger partial charge in [-0.3, -0.25) is 0 Å². The molecule has 30 heavy (non-hydrogen) atoms. The molecular formula is C27H55BrO2. The summed E-state index contributed by atoms with van der Waals surface area (Å²) in [4.78, 5) is 0. The van der Waals surface area contributed by atoms with Crippen LogP contribution in [0.25, 0.3) is 0 Å². The number of rotatable bonds is 23. The number of unbranched alkanes of at least 4 members (excludes halogenated alkanes) is 13. The molecule has 0 aliphatic heterocycles. The predicted molar refractivity (Wildman–Crippen MR) is 138 cm³/mol. The molecule has 3 heteroatoms. The van der Waals surface area contributed by atoms with Gasteiger partial charge in [0.15, 0.2) is 6.29 Å². The summed E-state index contributed by atoms with van der Waals surface area (Å²) in [6, 6.07) is 0. The molecule has 0 bridgehead atoms. The van der Waals surface area contributed by atoms with Crippen molar-refractivity contribution >= 4 is 15.9 Å². The van der Waals surface area contributed by atoms with Crippen LogP contribution in [0.2, 0.25) is 0 Å². The van der Waals surface area contributed by atoms with E-state index in [1.54, 1.807) is 0 Å². The van der Waals surface area contributed by atoms with Gasteiger partial charge in [-0.15, -0.1) is 0 Å². The lowest BCUT2D eigenvalue weighted by atomic mass is 9.86. The van der Waals surface area contributed by atoms with E-state index < -0.39 is 6.29 Å². The van der Waals surface area contributed by atoms with E-state index in [1.807, 2.05) is 0 Å². The molecule has 0 saturated heterocycles. The molecule has 0 aromatic carbocycles. The van der Waals surface area contributed by atoms with E-state index in [-0.39, 0.29) is 11.5 Å². The summed E-state index contributed by atoms with van der Waals surface area (Å²) in [5.41, 5.74) is -0.158. The topological polar surface area (TPSA) is 29.5 Å². The zero-order valence-corrected chi connectivity index (χ0v) is 22.6. The van der Waals surface area contributed by atoms with Crippen molar-refractivity contribution in [2.45, 2.75) is 162 Å². The first-order valence-electron chi connectivity index (χ1n) is 13.4. The molecule has 182 valence electrons. The predicted octanol–water partition coefficient (Wildman–Crippen LogP) is 9.56. The number of hydrogen-bond acceptors (Lipinski definition) is 2. The minimum absolute atomic E-state index is 0.158. The van der Waals surface area contributed by atoms with Crippen molar-refractivity contribution < 1.29 is 9.84 Å². The highest BCUT2D eigenvalue weighted by Crippen LogP contribution is 2.31. The Morgan fingerprint density at radius 1 is 0.667 bits per heavy atom. The van der Waals surface area contributed by atoms with Crippen LogP contribution >= 0.6 is 15.9 Å². The first kappa shape index (κ1) is 30.4. The molecule has 0 radical (unpaired) electrons. The highest BCUT2D eigenvalue weighted by Gasteiger charge is 2.30. The second-order valence-corrected chi connectivity index (χ2v) is 10.9. The highest BCUT2D eigenvalue weighted by atomic mass is 79.9. The molecular weight excluding hydrogens is 436 g/mol. The molecule has 2 nitrogen and oxygen atoms in total. The van der Waals surface area contributed by atoms with E-state index in [0.717, 1.165) is 24.6 Å². The summed E-state index contributed by atoms with van der Waals surface area (Å²) in [5, 5.41) is 12.0. The number of halogens is 1. The van der Waals surface area contributed by atoms with Crippen LogP contribution in [-0.4, -0.2) is 22.8 Å².